The quantitative estimate of drug-likeness (QED) is 0.866. The fourth-order valence-corrected chi connectivity index (χ4v) is 2.23. The summed E-state index contributed by atoms with van der Waals surface area (Å²) in [5.41, 5.74) is 2.93. The van der Waals surface area contributed by atoms with Gasteiger partial charge in [0, 0.05) is 11.8 Å². The molecule has 3 rings (SSSR count). The minimum Gasteiger partial charge on any atom is -0.487 e. The summed E-state index contributed by atoms with van der Waals surface area (Å²) >= 11 is 0. The van der Waals surface area contributed by atoms with E-state index in [1.807, 2.05) is 25.1 Å². The lowest BCUT2D eigenvalue weighted by atomic mass is 10.1. The second-order valence-corrected chi connectivity index (χ2v) is 4.81. The average Bonchev–Trinajstić information content (AvgIpc) is 2.92. The Labute approximate surface area is 122 Å². The Morgan fingerprint density at radius 3 is 2.86 bits per heavy atom. The number of pyridine rings is 1. The highest BCUT2D eigenvalue weighted by molar-refractivity contribution is 5.47. The molecule has 5 nitrogen and oxygen atoms in total. The van der Waals surface area contributed by atoms with Crippen LogP contribution < -0.4 is 14.2 Å². The minimum atomic E-state index is 0.251. The van der Waals surface area contributed by atoms with Crippen LogP contribution >= 0.6 is 0 Å². The fraction of sp³-hybridized carbons (Fsp3) is 0.250. The van der Waals surface area contributed by atoms with Gasteiger partial charge in [0.1, 0.15) is 24.0 Å². The van der Waals surface area contributed by atoms with Gasteiger partial charge in [-0.05, 0) is 31.5 Å². The van der Waals surface area contributed by atoms with Crippen molar-refractivity contribution in [1.82, 2.24) is 4.98 Å². The Kier molecular flexibility index (Phi) is 3.36. The third-order valence-electron chi connectivity index (χ3n) is 3.24. The zero-order valence-corrected chi connectivity index (χ0v) is 11.8. The molecule has 0 fully saturated rings. The van der Waals surface area contributed by atoms with Crippen LogP contribution in [0.5, 0.6) is 17.2 Å². The number of hydrogen-bond acceptors (Lipinski definition) is 5. The average molecular weight is 282 g/mol. The third kappa shape index (κ3) is 2.61. The van der Waals surface area contributed by atoms with Crippen LogP contribution in [0.4, 0.5) is 0 Å². The topological polar surface area (TPSA) is 64.4 Å². The minimum absolute atomic E-state index is 0.251. The van der Waals surface area contributed by atoms with E-state index in [-0.39, 0.29) is 6.79 Å². The SMILES string of the molecule is Cc1cc(OCc2ccc3c(c2)OCO3)c(C#N)c(C)n1. The van der Waals surface area contributed by atoms with E-state index in [4.69, 9.17) is 14.2 Å². The van der Waals surface area contributed by atoms with Gasteiger partial charge in [0.2, 0.25) is 6.79 Å². The van der Waals surface area contributed by atoms with Crippen molar-refractivity contribution in [3.05, 3.63) is 46.8 Å². The van der Waals surface area contributed by atoms with Crippen molar-refractivity contribution in [3.8, 4) is 23.3 Å². The van der Waals surface area contributed by atoms with Crippen LogP contribution in [0.3, 0.4) is 0 Å². The molecule has 0 atom stereocenters. The Hall–Kier alpha value is -2.74. The van der Waals surface area contributed by atoms with Crippen LogP contribution in [0.25, 0.3) is 0 Å². The van der Waals surface area contributed by atoms with Crippen LogP contribution in [0, 0.1) is 25.2 Å². The van der Waals surface area contributed by atoms with Crippen LogP contribution in [-0.4, -0.2) is 11.8 Å². The molecule has 106 valence electrons. The van der Waals surface area contributed by atoms with E-state index in [1.54, 1.807) is 13.0 Å². The molecule has 0 bridgehead atoms. The van der Waals surface area contributed by atoms with E-state index in [9.17, 15) is 5.26 Å². The maximum Gasteiger partial charge on any atom is 0.231 e. The van der Waals surface area contributed by atoms with E-state index in [0.29, 0.717) is 23.6 Å². The summed E-state index contributed by atoms with van der Waals surface area (Å²) < 4.78 is 16.4. The number of nitrogens with zero attached hydrogens (tertiary/aromatic N) is 2. The summed E-state index contributed by atoms with van der Waals surface area (Å²) in [4.78, 5) is 4.27. The van der Waals surface area contributed by atoms with Gasteiger partial charge >= 0.3 is 0 Å². The number of hydrogen-bond donors (Lipinski definition) is 0. The van der Waals surface area contributed by atoms with Crippen molar-refractivity contribution in [1.29, 1.82) is 5.26 Å². The first-order chi connectivity index (χ1) is 10.2. The first kappa shape index (κ1) is 13.3. The molecule has 2 aromatic rings. The van der Waals surface area contributed by atoms with E-state index < -0.39 is 0 Å². The van der Waals surface area contributed by atoms with Gasteiger partial charge in [0.25, 0.3) is 0 Å². The molecule has 21 heavy (non-hydrogen) atoms. The molecule has 0 spiro atoms. The van der Waals surface area contributed by atoms with Crippen molar-refractivity contribution in [2.24, 2.45) is 0 Å². The monoisotopic (exact) mass is 282 g/mol. The lowest BCUT2D eigenvalue weighted by Crippen LogP contribution is -2.01. The summed E-state index contributed by atoms with van der Waals surface area (Å²) in [6.07, 6.45) is 0. The van der Waals surface area contributed by atoms with Crippen molar-refractivity contribution in [2.45, 2.75) is 20.5 Å². The summed E-state index contributed by atoms with van der Waals surface area (Å²) in [7, 11) is 0. The summed E-state index contributed by atoms with van der Waals surface area (Å²) in [5, 5.41) is 9.21. The van der Waals surface area contributed by atoms with Crippen LogP contribution in [-0.2, 0) is 6.61 Å². The van der Waals surface area contributed by atoms with Gasteiger partial charge in [-0.2, -0.15) is 5.26 Å². The number of benzene rings is 1. The molecule has 0 saturated heterocycles. The molecule has 5 heteroatoms. The largest absolute Gasteiger partial charge is 0.487 e. The molecule has 0 aliphatic carbocycles. The Morgan fingerprint density at radius 1 is 1.24 bits per heavy atom. The zero-order valence-electron chi connectivity index (χ0n) is 11.8. The van der Waals surface area contributed by atoms with Crippen molar-refractivity contribution < 1.29 is 14.2 Å². The zero-order chi connectivity index (χ0) is 14.8. The highest BCUT2D eigenvalue weighted by Crippen LogP contribution is 2.33. The Bertz CT molecular complexity index is 735. The van der Waals surface area contributed by atoms with Crippen molar-refractivity contribution in [3.63, 3.8) is 0 Å². The first-order valence-electron chi connectivity index (χ1n) is 6.57. The third-order valence-corrected chi connectivity index (χ3v) is 3.24. The Morgan fingerprint density at radius 2 is 2.05 bits per heavy atom. The predicted octanol–water partition coefficient (Wildman–Crippen LogP) is 2.88. The second-order valence-electron chi connectivity index (χ2n) is 4.81. The number of aryl methyl sites for hydroxylation is 2. The highest BCUT2D eigenvalue weighted by atomic mass is 16.7. The van der Waals surface area contributed by atoms with Crippen molar-refractivity contribution >= 4 is 0 Å². The maximum atomic E-state index is 9.21. The molecule has 0 saturated carbocycles. The van der Waals surface area contributed by atoms with E-state index in [2.05, 4.69) is 11.1 Å². The number of nitriles is 1. The number of ether oxygens (including phenoxy) is 3. The standard InChI is InChI=1S/C16H14N2O3/c1-10-5-15(13(7-17)11(2)18-10)19-8-12-3-4-14-16(6-12)21-9-20-14/h3-6H,8-9H2,1-2H3. The van der Waals surface area contributed by atoms with Gasteiger partial charge in [-0.1, -0.05) is 6.07 Å². The number of rotatable bonds is 3. The molecule has 1 aliphatic heterocycles. The molecule has 1 aromatic heterocycles. The van der Waals surface area contributed by atoms with Crippen LogP contribution in [0.2, 0.25) is 0 Å². The normalized spacial score (nSPS) is 12.0. The van der Waals surface area contributed by atoms with E-state index in [1.165, 1.54) is 0 Å². The molecule has 0 amide bonds. The van der Waals surface area contributed by atoms with E-state index >= 15 is 0 Å². The molecular formula is C16H14N2O3. The van der Waals surface area contributed by atoms with Gasteiger partial charge < -0.3 is 14.2 Å². The summed E-state index contributed by atoms with van der Waals surface area (Å²) in [6, 6.07) is 9.57. The first-order valence-corrected chi connectivity index (χ1v) is 6.57. The lowest BCUT2D eigenvalue weighted by Gasteiger charge is -2.10. The molecule has 0 radical (unpaired) electrons. The maximum absolute atomic E-state index is 9.21. The van der Waals surface area contributed by atoms with Crippen LogP contribution in [0.1, 0.15) is 22.5 Å². The predicted molar refractivity (Wildman–Crippen MR) is 75.3 cm³/mol. The smallest absolute Gasteiger partial charge is 0.231 e. The van der Waals surface area contributed by atoms with Crippen LogP contribution in [0.15, 0.2) is 24.3 Å². The molecule has 1 aromatic carbocycles. The van der Waals surface area contributed by atoms with Gasteiger partial charge in [-0.3, -0.25) is 4.98 Å². The van der Waals surface area contributed by atoms with Gasteiger partial charge in [-0.25, -0.2) is 0 Å². The molecule has 0 N–H and O–H groups in total. The highest BCUT2D eigenvalue weighted by Gasteiger charge is 2.14. The molecule has 2 heterocycles. The Balaban J connectivity index is 1.81. The molecular weight excluding hydrogens is 268 g/mol. The second kappa shape index (κ2) is 5.33. The van der Waals surface area contributed by atoms with E-state index in [0.717, 1.165) is 22.8 Å². The van der Waals surface area contributed by atoms with Gasteiger partial charge in [0.15, 0.2) is 11.5 Å². The van der Waals surface area contributed by atoms with Crippen molar-refractivity contribution in [2.75, 3.05) is 6.79 Å². The molecule has 0 unspecified atom stereocenters. The number of aromatic nitrogens is 1. The summed E-state index contributed by atoms with van der Waals surface area (Å²) in [6.45, 7) is 4.29. The molecule has 1 aliphatic rings. The van der Waals surface area contributed by atoms with Gasteiger partial charge in [-0.15, -0.1) is 0 Å². The fourth-order valence-electron chi connectivity index (χ4n) is 2.23. The lowest BCUT2D eigenvalue weighted by molar-refractivity contribution is 0.174. The van der Waals surface area contributed by atoms with Gasteiger partial charge in [0.05, 0.1) is 5.69 Å². The summed E-state index contributed by atoms with van der Waals surface area (Å²) in [5.74, 6) is 2.02. The number of fused-ring (bicyclic) bond motifs is 1.